The summed E-state index contributed by atoms with van der Waals surface area (Å²) in [5.74, 6) is 0.828. The number of phenolic OH excluding ortho intramolecular Hbond substituents is 3. The fourth-order valence-corrected chi connectivity index (χ4v) is 8.03. The van der Waals surface area contributed by atoms with Gasteiger partial charge in [-0.05, 0) is 155 Å². The number of aromatic nitrogens is 3. The van der Waals surface area contributed by atoms with E-state index in [2.05, 4.69) is 100 Å². The topological polar surface area (TPSA) is 135 Å². The summed E-state index contributed by atoms with van der Waals surface area (Å²) in [6.45, 7) is 20.0. The number of hydrogen-bond donors (Lipinski definition) is 6. The molecule has 0 saturated heterocycles. The predicted molar refractivity (Wildman–Crippen MR) is 274 cm³/mol. The van der Waals surface area contributed by atoms with Crippen molar-refractivity contribution >= 4 is 49.8 Å². The molecule has 0 atom stereocenters. The summed E-state index contributed by atoms with van der Waals surface area (Å²) in [7, 11) is 0. The smallest absolute Gasteiger partial charge is 0.144 e. The van der Waals surface area contributed by atoms with Crippen LogP contribution in [0.25, 0.3) is 32.7 Å². The standard InChI is InChI=1S/3C19H20N2O/c1-12-4-6-15(7-5-12)20-11-16-8-9-17-13(2)10-14(3)19(22)18(17)21-16;1-12-5-4-6-15(9-12)20-11-16-7-8-17-13(2)10-14(3)19(22)18(17)21-16;1-12-6-4-5-7-17(12)20-11-15-8-9-16-13(2)10-14(3)19(22)18(16)21-15/h3*4-10,20,22H,11H2,1-3H3. The zero-order valence-corrected chi connectivity index (χ0v) is 39.4. The third-order valence-corrected chi connectivity index (χ3v) is 11.8. The number of anilines is 3. The Morgan fingerprint density at radius 2 is 0.773 bits per heavy atom. The quantitative estimate of drug-likeness (QED) is 0.0838. The summed E-state index contributed by atoms with van der Waals surface area (Å²) in [4.78, 5) is 13.9. The molecule has 0 saturated carbocycles. The molecule has 9 nitrogen and oxygen atoms in total. The summed E-state index contributed by atoms with van der Waals surface area (Å²) in [6, 6.07) is 42.8. The molecule has 0 aliphatic heterocycles. The summed E-state index contributed by atoms with van der Waals surface area (Å²) >= 11 is 0. The average molecular weight is 877 g/mol. The van der Waals surface area contributed by atoms with Crippen molar-refractivity contribution in [2.75, 3.05) is 16.0 Å². The third-order valence-electron chi connectivity index (χ3n) is 11.8. The lowest BCUT2D eigenvalue weighted by Gasteiger charge is -2.11. The number of nitrogens with one attached hydrogen (secondary N) is 3. The van der Waals surface area contributed by atoms with Crippen LogP contribution in [-0.4, -0.2) is 30.3 Å². The molecule has 0 radical (unpaired) electrons. The maximum Gasteiger partial charge on any atom is 0.144 e. The first-order chi connectivity index (χ1) is 31.6. The van der Waals surface area contributed by atoms with Crippen molar-refractivity contribution in [1.29, 1.82) is 0 Å². The molecule has 6 aromatic carbocycles. The minimum Gasteiger partial charge on any atom is -0.505 e. The zero-order chi connectivity index (χ0) is 47.1. The van der Waals surface area contributed by atoms with E-state index >= 15 is 0 Å². The highest BCUT2D eigenvalue weighted by atomic mass is 16.3. The fourth-order valence-electron chi connectivity index (χ4n) is 8.03. The van der Waals surface area contributed by atoms with E-state index < -0.39 is 0 Å². The number of benzene rings is 6. The molecule has 9 heteroatoms. The van der Waals surface area contributed by atoms with Gasteiger partial charge in [-0.25, -0.2) is 15.0 Å². The minimum absolute atomic E-state index is 0.276. The molecule has 0 aliphatic rings. The Kier molecular flexibility index (Phi) is 14.4. The van der Waals surface area contributed by atoms with Crippen LogP contribution in [0.4, 0.5) is 17.1 Å². The van der Waals surface area contributed by atoms with Crippen molar-refractivity contribution in [3.05, 3.63) is 195 Å². The highest BCUT2D eigenvalue weighted by Gasteiger charge is 2.12. The van der Waals surface area contributed by atoms with E-state index in [-0.39, 0.29) is 17.2 Å². The molecule has 336 valence electrons. The summed E-state index contributed by atoms with van der Waals surface area (Å²) < 4.78 is 0. The van der Waals surface area contributed by atoms with Gasteiger partial charge in [0.15, 0.2) is 0 Å². The first kappa shape index (κ1) is 46.3. The summed E-state index contributed by atoms with van der Waals surface area (Å²) in [5, 5.41) is 43.9. The van der Waals surface area contributed by atoms with Gasteiger partial charge in [-0.3, -0.25) is 0 Å². The Morgan fingerprint density at radius 1 is 0.348 bits per heavy atom. The molecule has 0 spiro atoms. The van der Waals surface area contributed by atoms with Crippen LogP contribution in [0, 0.1) is 62.3 Å². The maximum atomic E-state index is 10.3. The van der Waals surface area contributed by atoms with Crippen LogP contribution >= 0.6 is 0 Å². The van der Waals surface area contributed by atoms with Crippen molar-refractivity contribution < 1.29 is 15.3 Å². The molecule has 66 heavy (non-hydrogen) atoms. The molecule has 0 amide bonds. The molecule has 3 heterocycles. The van der Waals surface area contributed by atoms with Crippen LogP contribution in [0.3, 0.4) is 0 Å². The highest BCUT2D eigenvalue weighted by Crippen LogP contribution is 2.32. The molecule has 9 aromatic rings. The van der Waals surface area contributed by atoms with E-state index in [1.807, 2.05) is 120 Å². The molecule has 0 fully saturated rings. The average Bonchev–Trinajstić information content (AvgIpc) is 3.31. The normalized spacial score (nSPS) is 10.9. The van der Waals surface area contributed by atoms with Crippen LogP contribution in [-0.2, 0) is 19.6 Å². The van der Waals surface area contributed by atoms with Gasteiger partial charge in [-0.2, -0.15) is 0 Å². The van der Waals surface area contributed by atoms with E-state index in [0.29, 0.717) is 36.2 Å². The van der Waals surface area contributed by atoms with Crippen LogP contribution in [0.1, 0.15) is 67.2 Å². The molecule has 3 aromatic heterocycles. The van der Waals surface area contributed by atoms with E-state index in [4.69, 9.17) is 0 Å². The molecule has 0 aliphatic carbocycles. The van der Waals surface area contributed by atoms with Crippen LogP contribution in [0.5, 0.6) is 17.2 Å². The zero-order valence-electron chi connectivity index (χ0n) is 39.4. The summed E-state index contributed by atoms with van der Waals surface area (Å²) in [6.07, 6.45) is 0. The number of pyridine rings is 3. The summed E-state index contributed by atoms with van der Waals surface area (Å²) in [5.41, 5.74) is 17.7. The Balaban J connectivity index is 0.000000147. The second kappa shape index (κ2) is 20.5. The lowest BCUT2D eigenvalue weighted by atomic mass is 10.0. The number of aryl methyl sites for hydroxylation is 9. The Morgan fingerprint density at radius 3 is 1.21 bits per heavy atom. The number of phenols is 3. The molecular formula is C57H60N6O3. The fraction of sp³-hybridized carbons (Fsp3) is 0.211. The third kappa shape index (κ3) is 11.0. The van der Waals surface area contributed by atoms with Crippen molar-refractivity contribution in [2.45, 2.75) is 81.9 Å². The largest absolute Gasteiger partial charge is 0.505 e. The molecule has 0 bridgehead atoms. The van der Waals surface area contributed by atoms with Crippen molar-refractivity contribution in [3.63, 3.8) is 0 Å². The van der Waals surface area contributed by atoms with Gasteiger partial charge in [-0.1, -0.05) is 84.4 Å². The van der Waals surface area contributed by atoms with Gasteiger partial charge < -0.3 is 31.3 Å². The van der Waals surface area contributed by atoms with Crippen molar-refractivity contribution in [3.8, 4) is 17.2 Å². The number of para-hydroxylation sites is 1. The number of fused-ring (bicyclic) bond motifs is 3. The Hall–Kier alpha value is -7.65. The minimum atomic E-state index is 0.276. The predicted octanol–water partition coefficient (Wildman–Crippen LogP) is 13.4. The van der Waals surface area contributed by atoms with Crippen LogP contribution < -0.4 is 16.0 Å². The Labute approximate surface area is 388 Å². The van der Waals surface area contributed by atoms with Gasteiger partial charge in [0, 0.05) is 33.2 Å². The van der Waals surface area contributed by atoms with Crippen molar-refractivity contribution in [2.24, 2.45) is 0 Å². The second-order valence-corrected chi connectivity index (χ2v) is 17.3. The van der Waals surface area contributed by atoms with Crippen LogP contribution in [0.15, 0.2) is 127 Å². The number of nitrogens with zero attached hydrogens (tertiary/aromatic N) is 3. The number of aromatic hydroxyl groups is 3. The molecule has 9 rings (SSSR count). The molecular weight excluding hydrogens is 817 g/mol. The Bertz CT molecular complexity index is 3180. The van der Waals surface area contributed by atoms with Gasteiger partial charge >= 0.3 is 0 Å². The van der Waals surface area contributed by atoms with E-state index in [9.17, 15) is 15.3 Å². The van der Waals surface area contributed by atoms with Gasteiger partial charge in [0.1, 0.15) is 33.8 Å². The maximum absolute atomic E-state index is 10.3. The lowest BCUT2D eigenvalue weighted by molar-refractivity contribution is 0.475. The van der Waals surface area contributed by atoms with Gasteiger partial charge in [0.05, 0.1) is 36.7 Å². The first-order valence-corrected chi connectivity index (χ1v) is 22.3. The SMILES string of the molecule is Cc1ccc(NCc2ccc3c(C)cc(C)c(O)c3n2)cc1.Cc1cccc(NCc2ccc3c(C)cc(C)c(O)c3n2)c1.Cc1ccccc1NCc1ccc2c(C)cc(C)c(O)c2n1. The number of hydrogen-bond acceptors (Lipinski definition) is 9. The van der Waals surface area contributed by atoms with Crippen LogP contribution in [0.2, 0.25) is 0 Å². The number of rotatable bonds is 9. The lowest BCUT2D eigenvalue weighted by Crippen LogP contribution is -2.03. The molecule has 6 N–H and O–H groups in total. The van der Waals surface area contributed by atoms with Crippen molar-refractivity contribution in [1.82, 2.24) is 15.0 Å². The van der Waals surface area contributed by atoms with E-state index in [1.165, 1.54) is 16.7 Å². The van der Waals surface area contributed by atoms with E-state index in [1.54, 1.807) is 0 Å². The highest BCUT2D eigenvalue weighted by molar-refractivity contribution is 5.90. The van der Waals surface area contributed by atoms with Gasteiger partial charge in [0.25, 0.3) is 0 Å². The monoisotopic (exact) mass is 876 g/mol. The second-order valence-electron chi connectivity index (χ2n) is 17.3. The van der Waals surface area contributed by atoms with E-state index in [0.717, 1.165) is 83.7 Å². The van der Waals surface area contributed by atoms with Gasteiger partial charge in [-0.15, -0.1) is 0 Å². The van der Waals surface area contributed by atoms with Gasteiger partial charge in [0.2, 0.25) is 0 Å². The molecule has 0 unspecified atom stereocenters. The first-order valence-electron chi connectivity index (χ1n) is 22.3.